The highest BCUT2D eigenvalue weighted by molar-refractivity contribution is 5.99. The molecule has 1 aromatic rings. The summed E-state index contributed by atoms with van der Waals surface area (Å²) in [5.41, 5.74) is 1.20. The van der Waals surface area contributed by atoms with Gasteiger partial charge in [0.15, 0.2) is 6.61 Å². The van der Waals surface area contributed by atoms with Crippen molar-refractivity contribution in [1.82, 2.24) is 10.2 Å². The Bertz CT molecular complexity index is 646. The molecule has 2 fully saturated rings. The number of amides is 2. The third kappa shape index (κ3) is 2.79. The van der Waals surface area contributed by atoms with E-state index in [2.05, 4.69) is 15.5 Å². The van der Waals surface area contributed by atoms with E-state index < -0.39 is 0 Å². The lowest BCUT2D eigenvalue weighted by Gasteiger charge is -2.32. The zero-order valence-corrected chi connectivity index (χ0v) is 13.0. The molecule has 0 radical (unpaired) electrons. The number of ether oxygens (including phenoxy) is 1. The normalized spacial score (nSPS) is 26.7. The number of hydrogen-bond acceptors (Lipinski definition) is 4. The molecule has 0 spiro atoms. The molecule has 6 nitrogen and oxygen atoms in total. The van der Waals surface area contributed by atoms with E-state index in [0.29, 0.717) is 23.0 Å². The van der Waals surface area contributed by atoms with Gasteiger partial charge in [-0.2, -0.15) is 0 Å². The lowest BCUT2D eigenvalue weighted by Crippen LogP contribution is -2.46. The lowest BCUT2D eigenvalue weighted by atomic mass is 9.98. The maximum atomic E-state index is 12.6. The van der Waals surface area contributed by atoms with Crippen molar-refractivity contribution in [2.45, 2.75) is 37.8 Å². The minimum atomic E-state index is -0.168. The Labute approximate surface area is 135 Å². The molecular formula is C17H21N3O3. The molecule has 0 bridgehead atoms. The van der Waals surface area contributed by atoms with Crippen LogP contribution >= 0.6 is 0 Å². The molecule has 23 heavy (non-hydrogen) atoms. The number of carbonyl (C=O) groups excluding carboxylic acids is 2. The molecule has 0 aromatic heterocycles. The first-order valence-corrected chi connectivity index (χ1v) is 8.32. The zero-order valence-electron chi connectivity index (χ0n) is 13.0. The highest BCUT2D eigenvalue weighted by atomic mass is 16.5. The summed E-state index contributed by atoms with van der Waals surface area (Å²) in [5, 5.41) is 5.92. The minimum Gasteiger partial charge on any atom is -0.482 e. The maximum absolute atomic E-state index is 12.6. The van der Waals surface area contributed by atoms with Gasteiger partial charge < -0.3 is 15.4 Å². The number of fused-ring (bicyclic) bond motifs is 2. The Balaban J connectivity index is 1.46. The molecule has 4 rings (SSSR count). The third-order valence-electron chi connectivity index (χ3n) is 5.05. The second-order valence-electron chi connectivity index (χ2n) is 6.52. The quantitative estimate of drug-likeness (QED) is 0.865. The summed E-state index contributed by atoms with van der Waals surface area (Å²) < 4.78 is 5.38. The molecular weight excluding hydrogens is 294 g/mol. The van der Waals surface area contributed by atoms with Crippen molar-refractivity contribution >= 4 is 17.5 Å². The second kappa shape index (κ2) is 5.85. The van der Waals surface area contributed by atoms with Crippen LogP contribution in [0.2, 0.25) is 0 Å². The number of piperidine rings is 1. The highest BCUT2D eigenvalue weighted by Crippen LogP contribution is 2.30. The zero-order chi connectivity index (χ0) is 15.8. The van der Waals surface area contributed by atoms with E-state index in [4.69, 9.17) is 4.74 Å². The minimum absolute atomic E-state index is 0.00225. The van der Waals surface area contributed by atoms with E-state index in [1.165, 1.54) is 19.3 Å². The van der Waals surface area contributed by atoms with Gasteiger partial charge in [-0.3, -0.25) is 14.5 Å². The van der Waals surface area contributed by atoms with Crippen LogP contribution in [0, 0.1) is 0 Å². The Morgan fingerprint density at radius 1 is 1.26 bits per heavy atom. The summed E-state index contributed by atoms with van der Waals surface area (Å²) in [4.78, 5) is 26.3. The first-order valence-electron chi connectivity index (χ1n) is 8.32. The summed E-state index contributed by atoms with van der Waals surface area (Å²) in [5.74, 6) is 0.326. The fourth-order valence-corrected chi connectivity index (χ4v) is 3.88. The molecule has 1 aromatic carbocycles. The molecule has 3 heterocycles. The Kier molecular flexibility index (Phi) is 3.69. The van der Waals surface area contributed by atoms with E-state index in [9.17, 15) is 9.59 Å². The van der Waals surface area contributed by atoms with E-state index in [1.807, 2.05) is 0 Å². The van der Waals surface area contributed by atoms with Crippen molar-refractivity contribution < 1.29 is 14.3 Å². The molecule has 2 N–H and O–H groups in total. The van der Waals surface area contributed by atoms with Crippen LogP contribution in [0.5, 0.6) is 5.75 Å². The van der Waals surface area contributed by atoms with Crippen LogP contribution in [0.15, 0.2) is 18.2 Å². The number of carbonyl (C=O) groups is 2. The summed E-state index contributed by atoms with van der Waals surface area (Å²) in [6, 6.07) is 5.89. The molecule has 6 heteroatoms. The van der Waals surface area contributed by atoms with Crippen LogP contribution in [-0.4, -0.2) is 48.5 Å². The number of hydrogen-bond donors (Lipinski definition) is 2. The van der Waals surface area contributed by atoms with Crippen molar-refractivity contribution in [1.29, 1.82) is 0 Å². The predicted octanol–water partition coefficient (Wildman–Crippen LogP) is 1.37. The average molecular weight is 315 g/mol. The van der Waals surface area contributed by atoms with Crippen molar-refractivity contribution in [3.63, 3.8) is 0 Å². The van der Waals surface area contributed by atoms with Gasteiger partial charge in [-0.25, -0.2) is 0 Å². The van der Waals surface area contributed by atoms with E-state index in [-0.39, 0.29) is 24.5 Å². The molecule has 3 aliphatic heterocycles. The van der Waals surface area contributed by atoms with Gasteiger partial charge in [0.2, 0.25) is 0 Å². The van der Waals surface area contributed by atoms with Crippen molar-refractivity contribution in [3.8, 4) is 5.75 Å². The van der Waals surface area contributed by atoms with Gasteiger partial charge in [0.1, 0.15) is 5.75 Å². The van der Waals surface area contributed by atoms with E-state index in [0.717, 1.165) is 19.5 Å². The largest absolute Gasteiger partial charge is 0.482 e. The lowest BCUT2D eigenvalue weighted by molar-refractivity contribution is -0.118. The predicted molar refractivity (Wildman–Crippen MR) is 85.6 cm³/mol. The molecule has 3 aliphatic rings. The van der Waals surface area contributed by atoms with Gasteiger partial charge in [0.25, 0.3) is 11.8 Å². The monoisotopic (exact) mass is 315 g/mol. The maximum Gasteiger partial charge on any atom is 0.262 e. The molecule has 0 unspecified atom stereocenters. The van der Waals surface area contributed by atoms with Crippen molar-refractivity contribution in [2.75, 3.05) is 25.0 Å². The van der Waals surface area contributed by atoms with Crippen LogP contribution in [-0.2, 0) is 4.79 Å². The molecule has 2 saturated heterocycles. The molecule has 2 amide bonds. The van der Waals surface area contributed by atoms with Crippen LogP contribution in [0.25, 0.3) is 0 Å². The van der Waals surface area contributed by atoms with Gasteiger partial charge in [-0.1, -0.05) is 6.42 Å². The Hall–Kier alpha value is -2.08. The van der Waals surface area contributed by atoms with Crippen LogP contribution in [0.3, 0.4) is 0 Å². The highest BCUT2D eigenvalue weighted by Gasteiger charge is 2.36. The first kappa shape index (κ1) is 14.5. The number of rotatable bonds is 2. The Morgan fingerprint density at radius 3 is 3.09 bits per heavy atom. The number of anilines is 1. The summed E-state index contributed by atoms with van der Waals surface area (Å²) in [6.45, 7) is 2.23. The number of nitrogens with one attached hydrogen (secondary N) is 2. The van der Waals surface area contributed by atoms with Gasteiger partial charge in [0, 0.05) is 24.2 Å². The van der Waals surface area contributed by atoms with Crippen LogP contribution < -0.4 is 15.4 Å². The second-order valence-corrected chi connectivity index (χ2v) is 6.52. The van der Waals surface area contributed by atoms with Gasteiger partial charge in [0.05, 0.1) is 5.69 Å². The van der Waals surface area contributed by atoms with Crippen LogP contribution in [0.4, 0.5) is 5.69 Å². The molecule has 0 aliphatic carbocycles. The van der Waals surface area contributed by atoms with E-state index in [1.54, 1.807) is 18.2 Å². The fourth-order valence-electron chi connectivity index (χ4n) is 3.88. The molecule has 2 atom stereocenters. The third-order valence-corrected chi connectivity index (χ3v) is 5.05. The average Bonchev–Trinajstić information content (AvgIpc) is 2.97. The van der Waals surface area contributed by atoms with Crippen LogP contribution in [0.1, 0.15) is 36.0 Å². The smallest absolute Gasteiger partial charge is 0.262 e. The summed E-state index contributed by atoms with van der Waals surface area (Å²) >= 11 is 0. The fraction of sp³-hybridized carbons (Fsp3) is 0.529. The summed E-state index contributed by atoms with van der Waals surface area (Å²) in [7, 11) is 0. The van der Waals surface area contributed by atoms with Crippen molar-refractivity contribution in [3.05, 3.63) is 23.8 Å². The van der Waals surface area contributed by atoms with Gasteiger partial charge in [-0.05, 0) is 44.0 Å². The SMILES string of the molecule is O=C1COc2cc(C(=O)N[C@@H]3CCN4CCCC[C@H]34)ccc2N1. The molecule has 122 valence electrons. The topological polar surface area (TPSA) is 70.7 Å². The summed E-state index contributed by atoms with van der Waals surface area (Å²) in [6.07, 6.45) is 4.71. The Morgan fingerprint density at radius 2 is 2.17 bits per heavy atom. The van der Waals surface area contributed by atoms with Gasteiger partial charge in [-0.15, -0.1) is 0 Å². The van der Waals surface area contributed by atoms with Crippen molar-refractivity contribution in [2.24, 2.45) is 0 Å². The number of nitrogens with zero attached hydrogens (tertiary/aromatic N) is 1. The molecule has 0 saturated carbocycles. The standard InChI is InChI=1S/C17H21N3O3/c21-16-10-23-15-9-11(4-5-13(15)18-16)17(22)19-12-6-8-20-7-2-1-3-14(12)20/h4-5,9,12,14H,1-3,6-8,10H2,(H,18,21)(H,19,22)/t12-,14-/m1/s1. The van der Waals surface area contributed by atoms with E-state index >= 15 is 0 Å². The number of benzene rings is 1. The first-order chi connectivity index (χ1) is 11.2. The van der Waals surface area contributed by atoms with Gasteiger partial charge >= 0.3 is 0 Å².